The minimum atomic E-state index is 0.0607. The Kier molecular flexibility index (Phi) is 2.42. The summed E-state index contributed by atoms with van der Waals surface area (Å²) in [5.74, 6) is 0.0607. The second-order valence-electron chi connectivity index (χ2n) is 2.03. The molecular formula is C8H6Cl2O. The first-order valence-electron chi connectivity index (χ1n) is 2.95. The van der Waals surface area contributed by atoms with Gasteiger partial charge in [-0.15, -0.1) is 0 Å². The van der Waals surface area contributed by atoms with Crippen LogP contribution >= 0.6 is 23.2 Å². The molecule has 0 radical (unpaired) electrons. The maximum absolute atomic E-state index is 9.01. The molecule has 0 aliphatic rings. The molecule has 3 heteroatoms. The van der Waals surface area contributed by atoms with Crippen molar-refractivity contribution < 1.29 is 5.11 Å². The van der Waals surface area contributed by atoms with Crippen molar-refractivity contribution in [2.45, 2.75) is 0 Å². The summed E-state index contributed by atoms with van der Waals surface area (Å²) in [6.07, 6.45) is 1.55. The summed E-state index contributed by atoms with van der Waals surface area (Å²) in [4.78, 5) is 0. The lowest BCUT2D eigenvalue weighted by atomic mass is 10.2. The van der Waals surface area contributed by atoms with E-state index in [4.69, 9.17) is 28.3 Å². The zero-order chi connectivity index (χ0) is 8.43. The molecule has 0 amide bonds. The van der Waals surface area contributed by atoms with Crippen LogP contribution in [0.15, 0.2) is 18.7 Å². The fourth-order valence-electron chi connectivity index (χ4n) is 0.766. The molecule has 0 aliphatic carbocycles. The first-order valence-corrected chi connectivity index (χ1v) is 3.71. The average molecular weight is 189 g/mol. The number of phenols is 1. The van der Waals surface area contributed by atoms with E-state index in [1.54, 1.807) is 6.08 Å². The lowest BCUT2D eigenvalue weighted by Gasteiger charge is -2.01. The van der Waals surface area contributed by atoms with Gasteiger partial charge >= 0.3 is 0 Å². The summed E-state index contributed by atoms with van der Waals surface area (Å²) in [5, 5.41) is 9.83. The summed E-state index contributed by atoms with van der Waals surface area (Å²) in [5.41, 5.74) is 0.645. The second kappa shape index (κ2) is 3.16. The highest BCUT2D eigenvalue weighted by atomic mass is 35.5. The molecule has 0 unspecified atom stereocenters. The average Bonchev–Trinajstić information content (AvgIpc) is 1.85. The minimum Gasteiger partial charge on any atom is -0.508 e. The fourth-order valence-corrected chi connectivity index (χ4v) is 1.40. The molecule has 1 aromatic rings. The molecule has 1 N–H and O–H groups in total. The third kappa shape index (κ3) is 1.67. The molecule has 0 saturated carbocycles. The zero-order valence-corrected chi connectivity index (χ0v) is 7.15. The van der Waals surface area contributed by atoms with E-state index in [1.165, 1.54) is 12.1 Å². The number of hydrogen-bond donors (Lipinski definition) is 1. The van der Waals surface area contributed by atoms with Crippen LogP contribution in [0.4, 0.5) is 0 Å². The van der Waals surface area contributed by atoms with E-state index < -0.39 is 0 Å². The molecule has 58 valence electrons. The molecule has 11 heavy (non-hydrogen) atoms. The predicted molar refractivity (Wildman–Crippen MR) is 48.2 cm³/mol. The molecule has 0 aromatic heterocycles. The minimum absolute atomic E-state index is 0.0607. The maximum Gasteiger partial charge on any atom is 0.118 e. The highest BCUT2D eigenvalue weighted by Gasteiger charge is 2.03. The smallest absolute Gasteiger partial charge is 0.118 e. The van der Waals surface area contributed by atoms with Crippen LogP contribution in [0.1, 0.15) is 5.56 Å². The maximum atomic E-state index is 9.01. The van der Waals surface area contributed by atoms with Crippen molar-refractivity contribution in [3.8, 4) is 5.75 Å². The van der Waals surface area contributed by atoms with Crippen LogP contribution in [0.25, 0.3) is 6.08 Å². The Morgan fingerprint density at radius 2 is 1.73 bits per heavy atom. The van der Waals surface area contributed by atoms with E-state index in [1.807, 2.05) is 0 Å². The van der Waals surface area contributed by atoms with Gasteiger partial charge in [0.25, 0.3) is 0 Å². The number of aromatic hydroxyl groups is 1. The van der Waals surface area contributed by atoms with Crippen LogP contribution in [-0.4, -0.2) is 5.11 Å². The van der Waals surface area contributed by atoms with Crippen LogP contribution in [0.3, 0.4) is 0 Å². The largest absolute Gasteiger partial charge is 0.508 e. The van der Waals surface area contributed by atoms with Crippen molar-refractivity contribution in [2.24, 2.45) is 0 Å². The molecule has 0 heterocycles. The second-order valence-corrected chi connectivity index (χ2v) is 2.84. The van der Waals surface area contributed by atoms with E-state index in [0.717, 1.165) is 0 Å². The quantitative estimate of drug-likeness (QED) is 0.718. The van der Waals surface area contributed by atoms with Gasteiger partial charge in [-0.25, -0.2) is 0 Å². The number of hydrogen-bond acceptors (Lipinski definition) is 1. The topological polar surface area (TPSA) is 20.2 Å². The van der Waals surface area contributed by atoms with E-state index in [2.05, 4.69) is 6.58 Å². The molecule has 0 fully saturated rings. The van der Waals surface area contributed by atoms with Crippen molar-refractivity contribution in [1.82, 2.24) is 0 Å². The van der Waals surface area contributed by atoms with Crippen molar-refractivity contribution in [3.63, 3.8) is 0 Å². The van der Waals surface area contributed by atoms with Crippen LogP contribution in [-0.2, 0) is 0 Å². The highest BCUT2D eigenvalue weighted by molar-refractivity contribution is 6.37. The van der Waals surface area contributed by atoms with Gasteiger partial charge in [-0.2, -0.15) is 0 Å². The van der Waals surface area contributed by atoms with Crippen LogP contribution < -0.4 is 0 Å². The molecule has 0 saturated heterocycles. The van der Waals surface area contributed by atoms with Gasteiger partial charge in [-0.1, -0.05) is 35.9 Å². The normalized spacial score (nSPS) is 9.64. The Morgan fingerprint density at radius 3 is 2.09 bits per heavy atom. The molecule has 0 aliphatic heterocycles. The van der Waals surface area contributed by atoms with Gasteiger partial charge in [0, 0.05) is 5.56 Å². The Hall–Kier alpha value is -0.660. The number of benzene rings is 1. The van der Waals surface area contributed by atoms with Crippen molar-refractivity contribution in [1.29, 1.82) is 0 Å². The highest BCUT2D eigenvalue weighted by Crippen LogP contribution is 2.29. The number of phenolic OH excluding ortho intramolecular Hbond substituents is 1. The first kappa shape index (κ1) is 8.44. The van der Waals surface area contributed by atoms with E-state index in [-0.39, 0.29) is 5.75 Å². The summed E-state index contributed by atoms with van der Waals surface area (Å²) in [7, 11) is 0. The molecular weight excluding hydrogens is 183 g/mol. The summed E-state index contributed by atoms with van der Waals surface area (Å²) in [6, 6.07) is 2.84. The molecule has 0 spiro atoms. The lowest BCUT2D eigenvalue weighted by molar-refractivity contribution is 0.475. The SMILES string of the molecule is C=Cc1c(Cl)cc(O)cc1Cl. The summed E-state index contributed by atoms with van der Waals surface area (Å²) < 4.78 is 0. The zero-order valence-electron chi connectivity index (χ0n) is 5.64. The van der Waals surface area contributed by atoms with Crippen molar-refractivity contribution in [3.05, 3.63) is 34.3 Å². The van der Waals surface area contributed by atoms with Crippen molar-refractivity contribution >= 4 is 29.3 Å². The monoisotopic (exact) mass is 188 g/mol. The molecule has 1 nitrogen and oxygen atoms in total. The van der Waals surface area contributed by atoms with Gasteiger partial charge in [0.2, 0.25) is 0 Å². The Balaban J connectivity index is 3.36. The molecule has 1 rings (SSSR count). The Morgan fingerprint density at radius 1 is 1.27 bits per heavy atom. The molecule has 0 atom stereocenters. The van der Waals surface area contributed by atoms with Gasteiger partial charge in [0.05, 0.1) is 10.0 Å². The van der Waals surface area contributed by atoms with Gasteiger partial charge in [0.15, 0.2) is 0 Å². The van der Waals surface area contributed by atoms with E-state index in [0.29, 0.717) is 15.6 Å². The van der Waals surface area contributed by atoms with Crippen LogP contribution in [0.5, 0.6) is 5.75 Å². The predicted octanol–water partition coefficient (Wildman–Crippen LogP) is 3.34. The number of halogens is 2. The third-order valence-electron chi connectivity index (χ3n) is 1.27. The Labute approximate surface area is 74.9 Å². The van der Waals surface area contributed by atoms with E-state index in [9.17, 15) is 0 Å². The third-order valence-corrected chi connectivity index (χ3v) is 1.89. The Bertz CT molecular complexity index is 271. The van der Waals surface area contributed by atoms with Crippen molar-refractivity contribution in [2.75, 3.05) is 0 Å². The van der Waals surface area contributed by atoms with Crippen LogP contribution in [0, 0.1) is 0 Å². The van der Waals surface area contributed by atoms with Gasteiger partial charge in [-0.05, 0) is 12.1 Å². The lowest BCUT2D eigenvalue weighted by Crippen LogP contribution is -1.76. The first-order chi connectivity index (χ1) is 5.15. The van der Waals surface area contributed by atoms with Gasteiger partial charge in [0.1, 0.15) is 5.75 Å². The number of rotatable bonds is 1. The van der Waals surface area contributed by atoms with E-state index >= 15 is 0 Å². The fraction of sp³-hybridized carbons (Fsp3) is 0. The standard InChI is InChI=1S/C8H6Cl2O/c1-2-6-7(9)3-5(11)4-8(6)10/h2-4,11H,1H2. The molecule has 0 bridgehead atoms. The summed E-state index contributed by atoms with van der Waals surface area (Å²) >= 11 is 11.4. The molecule has 1 aromatic carbocycles. The summed E-state index contributed by atoms with van der Waals surface area (Å²) in [6.45, 7) is 3.53. The van der Waals surface area contributed by atoms with Crippen LogP contribution in [0.2, 0.25) is 10.0 Å². The van der Waals surface area contributed by atoms with Gasteiger partial charge in [-0.3, -0.25) is 0 Å². The van der Waals surface area contributed by atoms with Gasteiger partial charge < -0.3 is 5.11 Å².